The van der Waals surface area contributed by atoms with E-state index in [1.54, 1.807) is 19.2 Å². The van der Waals surface area contributed by atoms with Crippen LogP contribution < -0.4 is 10.1 Å². The Morgan fingerprint density at radius 3 is 2.79 bits per heavy atom. The Balaban J connectivity index is 1.83. The molecular formula is C22H22N4O2. The van der Waals surface area contributed by atoms with Crippen molar-refractivity contribution in [3.8, 4) is 5.75 Å². The third-order valence-corrected chi connectivity index (χ3v) is 4.77. The van der Waals surface area contributed by atoms with Crippen molar-refractivity contribution in [3.05, 3.63) is 59.7 Å². The second-order valence-electron chi connectivity index (χ2n) is 6.73. The lowest BCUT2D eigenvalue weighted by Crippen LogP contribution is -2.14. The van der Waals surface area contributed by atoms with E-state index in [0.29, 0.717) is 17.1 Å². The Bertz CT molecular complexity index is 1180. The minimum atomic E-state index is -0.259. The van der Waals surface area contributed by atoms with E-state index in [2.05, 4.69) is 17.3 Å². The molecule has 6 heteroatoms. The Labute approximate surface area is 163 Å². The Morgan fingerprint density at radius 1 is 1.18 bits per heavy atom. The topological polar surface area (TPSA) is 69.0 Å². The number of benzene rings is 2. The maximum Gasteiger partial charge on any atom is 0.260 e. The number of methoxy groups -OCH3 is 1. The van der Waals surface area contributed by atoms with E-state index in [9.17, 15) is 4.79 Å². The van der Waals surface area contributed by atoms with Gasteiger partial charge in [-0.2, -0.15) is 5.10 Å². The van der Waals surface area contributed by atoms with Gasteiger partial charge in [0.05, 0.1) is 23.6 Å². The van der Waals surface area contributed by atoms with Crippen LogP contribution in [0.15, 0.2) is 48.5 Å². The molecule has 0 atom stereocenters. The first-order valence-electron chi connectivity index (χ1n) is 9.33. The molecule has 1 amide bonds. The lowest BCUT2D eigenvalue weighted by atomic mass is 10.1. The SMILES string of the molecule is CCCn1nc(NC(=O)c2ccccc2OC)c2cc3cccc(C)c3nc21. The van der Waals surface area contributed by atoms with Gasteiger partial charge in [0.25, 0.3) is 5.91 Å². The highest BCUT2D eigenvalue weighted by molar-refractivity contribution is 6.10. The first kappa shape index (κ1) is 18.0. The van der Waals surface area contributed by atoms with Crippen LogP contribution in [0, 0.1) is 6.92 Å². The second kappa shape index (κ2) is 7.31. The fraction of sp³-hybridized carbons (Fsp3) is 0.227. The van der Waals surface area contributed by atoms with E-state index in [-0.39, 0.29) is 5.91 Å². The molecule has 0 saturated heterocycles. The summed E-state index contributed by atoms with van der Waals surface area (Å²) in [5.41, 5.74) is 3.31. The van der Waals surface area contributed by atoms with Gasteiger partial charge in [0.2, 0.25) is 0 Å². The minimum absolute atomic E-state index is 0.259. The molecule has 0 saturated carbocycles. The number of ether oxygens (including phenoxy) is 1. The number of nitrogens with one attached hydrogen (secondary N) is 1. The first-order chi connectivity index (χ1) is 13.6. The second-order valence-corrected chi connectivity index (χ2v) is 6.73. The third-order valence-electron chi connectivity index (χ3n) is 4.77. The van der Waals surface area contributed by atoms with Crippen LogP contribution in [0.25, 0.3) is 21.9 Å². The number of carbonyl (C=O) groups is 1. The van der Waals surface area contributed by atoms with Gasteiger partial charge in [0, 0.05) is 11.9 Å². The number of aryl methyl sites for hydroxylation is 2. The average Bonchev–Trinajstić information content (AvgIpc) is 3.03. The highest BCUT2D eigenvalue weighted by Gasteiger charge is 2.18. The van der Waals surface area contributed by atoms with Gasteiger partial charge in [-0.1, -0.05) is 37.3 Å². The third kappa shape index (κ3) is 3.07. The zero-order chi connectivity index (χ0) is 19.7. The van der Waals surface area contributed by atoms with Gasteiger partial charge in [-0.3, -0.25) is 4.79 Å². The summed E-state index contributed by atoms with van der Waals surface area (Å²) in [5, 5.41) is 9.43. The van der Waals surface area contributed by atoms with Crippen LogP contribution in [0.3, 0.4) is 0 Å². The molecule has 28 heavy (non-hydrogen) atoms. The molecule has 0 radical (unpaired) electrons. The molecule has 0 aliphatic carbocycles. The van der Waals surface area contributed by atoms with Crippen molar-refractivity contribution in [2.45, 2.75) is 26.8 Å². The highest BCUT2D eigenvalue weighted by atomic mass is 16.5. The molecule has 0 aliphatic rings. The van der Waals surface area contributed by atoms with Gasteiger partial charge in [0.1, 0.15) is 5.75 Å². The lowest BCUT2D eigenvalue weighted by molar-refractivity contribution is 0.102. The summed E-state index contributed by atoms with van der Waals surface area (Å²) in [6.45, 7) is 4.87. The Hall–Kier alpha value is -3.41. The number of para-hydroxylation sites is 2. The van der Waals surface area contributed by atoms with Gasteiger partial charge in [-0.05, 0) is 37.1 Å². The van der Waals surface area contributed by atoms with Crippen LogP contribution in [0.5, 0.6) is 5.75 Å². The number of pyridine rings is 1. The molecule has 4 aromatic rings. The molecule has 6 nitrogen and oxygen atoms in total. The summed E-state index contributed by atoms with van der Waals surface area (Å²) in [6, 6.07) is 15.3. The van der Waals surface area contributed by atoms with E-state index in [1.807, 2.05) is 48.0 Å². The van der Waals surface area contributed by atoms with Gasteiger partial charge >= 0.3 is 0 Å². The summed E-state index contributed by atoms with van der Waals surface area (Å²) in [5.74, 6) is 0.775. The molecule has 0 fully saturated rings. The normalized spacial score (nSPS) is 11.1. The maximum atomic E-state index is 12.9. The van der Waals surface area contributed by atoms with Crippen molar-refractivity contribution < 1.29 is 9.53 Å². The standard InChI is InChI=1S/C22H22N4O2/c1-4-12-26-21-17(13-15-9-7-8-14(2)19(15)23-21)20(25-26)24-22(27)16-10-5-6-11-18(16)28-3/h5-11,13H,4,12H2,1-3H3,(H,24,25,27). The fourth-order valence-corrected chi connectivity index (χ4v) is 3.40. The molecule has 1 N–H and O–H groups in total. The van der Waals surface area contributed by atoms with Crippen LogP contribution in [0.2, 0.25) is 0 Å². The predicted molar refractivity (Wildman–Crippen MR) is 111 cm³/mol. The highest BCUT2D eigenvalue weighted by Crippen LogP contribution is 2.28. The number of anilines is 1. The quantitative estimate of drug-likeness (QED) is 0.556. The van der Waals surface area contributed by atoms with Crippen LogP contribution >= 0.6 is 0 Å². The largest absolute Gasteiger partial charge is 0.496 e. The van der Waals surface area contributed by atoms with Crippen molar-refractivity contribution in [1.29, 1.82) is 0 Å². The lowest BCUT2D eigenvalue weighted by Gasteiger charge is -2.08. The Morgan fingerprint density at radius 2 is 2.00 bits per heavy atom. The first-order valence-corrected chi connectivity index (χ1v) is 9.33. The van der Waals surface area contributed by atoms with Crippen LogP contribution in [-0.4, -0.2) is 27.8 Å². The number of amides is 1. The van der Waals surface area contributed by atoms with Crippen molar-refractivity contribution in [2.24, 2.45) is 0 Å². The molecule has 4 rings (SSSR count). The van der Waals surface area contributed by atoms with E-state index in [0.717, 1.165) is 40.5 Å². The number of carbonyl (C=O) groups excluding carboxylic acids is 1. The summed E-state index contributed by atoms with van der Waals surface area (Å²) < 4.78 is 7.17. The smallest absolute Gasteiger partial charge is 0.260 e. The minimum Gasteiger partial charge on any atom is -0.496 e. The van der Waals surface area contributed by atoms with Crippen molar-refractivity contribution in [1.82, 2.24) is 14.8 Å². The number of fused-ring (bicyclic) bond motifs is 2. The van der Waals surface area contributed by atoms with Gasteiger partial charge in [-0.25, -0.2) is 9.67 Å². The zero-order valence-corrected chi connectivity index (χ0v) is 16.2. The summed E-state index contributed by atoms with van der Waals surface area (Å²) >= 11 is 0. The van der Waals surface area contributed by atoms with E-state index < -0.39 is 0 Å². The average molecular weight is 374 g/mol. The van der Waals surface area contributed by atoms with E-state index in [4.69, 9.17) is 9.72 Å². The molecule has 0 aliphatic heterocycles. The fourth-order valence-electron chi connectivity index (χ4n) is 3.40. The van der Waals surface area contributed by atoms with Gasteiger partial charge < -0.3 is 10.1 Å². The molecule has 2 heterocycles. The van der Waals surface area contributed by atoms with Crippen LogP contribution in [-0.2, 0) is 6.54 Å². The monoisotopic (exact) mass is 374 g/mol. The number of rotatable bonds is 5. The van der Waals surface area contributed by atoms with Crippen LogP contribution in [0.4, 0.5) is 5.82 Å². The summed E-state index contributed by atoms with van der Waals surface area (Å²) in [6.07, 6.45) is 0.921. The van der Waals surface area contributed by atoms with Crippen LogP contribution in [0.1, 0.15) is 29.3 Å². The van der Waals surface area contributed by atoms with Gasteiger partial charge in [-0.15, -0.1) is 0 Å². The van der Waals surface area contributed by atoms with Crippen molar-refractivity contribution in [2.75, 3.05) is 12.4 Å². The molecular weight excluding hydrogens is 352 g/mol. The number of hydrogen-bond acceptors (Lipinski definition) is 4. The molecule has 142 valence electrons. The number of hydrogen-bond donors (Lipinski definition) is 1. The molecule has 2 aromatic heterocycles. The predicted octanol–water partition coefficient (Wildman–Crippen LogP) is 4.56. The van der Waals surface area contributed by atoms with Gasteiger partial charge in [0.15, 0.2) is 11.5 Å². The van der Waals surface area contributed by atoms with E-state index in [1.165, 1.54) is 0 Å². The zero-order valence-electron chi connectivity index (χ0n) is 16.2. The van der Waals surface area contributed by atoms with Crippen molar-refractivity contribution in [3.63, 3.8) is 0 Å². The Kier molecular flexibility index (Phi) is 4.69. The molecule has 0 bridgehead atoms. The molecule has 0 unspecified atom stereocenters. The number of nitrogens with zero attached hydrogens (tertiary/aromatic N) is 3. The number of aromatic nitrogens is 3. The summed E-state index contributed by atoms with van der Waals surface area (Å²) in [4.78, 5) is 17.7. The maximum absolute atomic E-state index is 12.9. The van der Waals surface area contributed by atoms with Crippen molar-refractivity contribution >= 4 is 33.7 Å². The summed E-state index contributed by atoms with van der Waals surface area (Å²) in [7, 11) is 1.55. The van der Waals surface area contributed by atoms with E-state index >= 15 is 0 Å². The molecule has 0 spiro atoms. The molecule has 2 aromatic carbocycles.